The monoisotopic (exact) mass is 391 g/mol. The van der Waals surface area contributed by atoms with E-state index in [0.717, 1.165) is 6.07 Å². The number of amides is 1. The van der Waals surface area contributed by atoms with Gasteiger partial charge in [0.25, 0.3) is 21.6 Å². The van der Waals surface area contributed by atoms with Crippen LogP contribution < -0.4 is 14.8 Å². The third-order valence-electron chi connectivity index (χ3n) is 4.27. The first-order valence-electron chi connectivity index (χ1n) is 7.98. The Kier molecular flexibility index (Phi) is 4.52. The van der Waals surface area contributed by atoms with E-state index in [9.17, 15) is 23.3 Å². The molecule has 0 aromatic heterocycles. The number of non-ortho nitro benzene ring substituents is 1. The normalized spacial score (nSPS) is 16.1. The molecule has 2 aromatic carbocycles. The standard InChI is InChI=1S/C17H17N3O6S/c1-9-6-13(20(22)23)8-16(10(9)2)27(24,25)19-12-4-5-15-14(7-12)18-17(21)11(3)26-15/h4-8,11,19H,1-3H3,(H,18,21). The largest absolute Gasteiger partial charge is 0.479 e. The lowest BCUT2D eigenvalue weighted by atomic mass is 10.1. The number of aryl methyl sites for hydroxylation is 1. The molecule has 0 spiro atoms. The van der Waals surface area contributed by atoms with Crippen molar-refractivity contribution >= 4 is 33.0 Å². The number of hydrogen-bond acceptors (Lipinski definition) is 6. The minimum Gasteiger partial charge on any atom is -0.479 e. The first kappa shape index (κ1) is 18.6. The fourth-order valence-electron chi connectivity index (χ4n) is 2.68. The molecular weight excluding hydrogens is 374 g/mol. The van der Waals surface area contributed by atoms with Gasteiger partial charge in [0, 0.05) is 12.1 Å². The van der Waals surface area contributed by atoms with Gasteiger partial charge < -0.3 is 10.1 Å². The van der Waals surface area contributed by atoms with Gasteiger partial charge in [-0.3, -0.25) is 19.6 Å². The zero-order valence-electron chi connectivity index (χ0n) is 14.8. The fraction of sp³-hybridized carbons (Fsp3) is 0.235. The highest BCUT2D eigenvalue weighted by Gasteiger charge is 2.26. The van der Waals surface area contributed by atoms with Crippen LogP contribution >= 0.6 is 0 Å². The minimum absolute atomic E-state index is 0.180. The number of nitrogens with zero attached hydrogens (tertiary/aromatic N) is 1. The van der Waals surface area contributed by atoms with Crippen molar-refractivity contribution in [2.45, 2.75) is 31.8 Å². The van der Waals surface area contributed by atoms with E-state index in [0.29, 0.717) is 22.6 Å². The van der Waals surface area contributed by atoms with Crippen molar-refractivity contribution in [3.05, 3.63) is 51.6 Å². The van der Waals surface area contributed by atoms with Crippen molar-refractivity contribution in [2.75, 3.05) is 10.0 Å². The number of fused-ring (bicyclic) bond motifs is 1. The number of hydrogen-bond donors (Lipinski definition) is 2. The van der Waals surface area contributed by atoms with Crippen LogP contribution in [0.1, 0.15) is 18.1 Å². The Morgan fingerprint density at radius 3 is 2.59 bits per heavy atom. The number of rotatable bonds is 4. The SMILES string of the molecule is Cc1cc([N+](=O)[O-])cc(S(=O)(=O)Nc2ccc3c(c2)NC(=O)C(C)O3)c1C. The molecule has 1 heterocycles. The van der Waals surface area contributed by atoms with Crippen LogP contribution in [0.4, 0.5) is 17.1 Å². The van der Waals surface area contributed by atoms with Crippen LogP contribution in [0.5, 0.6) is 5.75 Å². The Morgan fingerprint density at radius 2 is 1.93 bits per heavy atom. The van der Waals surface area contributed by atoms with Crippen molar-refractivity contribution in [1.82, 2.24) is 0 Å². The third-order valence-corrected chi connectivity index (χ3v) is 5.77. The van der Waals surface area contributed by atoms with E-state index >= 15 is 0 Å². The highest BCUT2D eigenvalue weighted by molar-refractivity contribution is 7.92. The maximum atomic E-state index is 12.8. The first-order chi connectivity index (χ1) is 12.6. The number of carbonyl (C=O) groups excluding carboxylic acids is 1. The molecule has 1 amide bonds. The number of carbonyl (C=O) groups is 1. The van der Waals surface area contributed by atoms with Crippen LogP contribution in [0.15, 0.2) is 35.2 Å². The molecule has 2 aromatic rings. The summed E-state index contributed by atoms with van der Waals surface area (Å²) >= 11 is 0. The van der Waals surface area contributed by atoms with Gasteiger partial charge >= 0.3 is 0 Å². The Morgan fingerprint density at radius 1 is 1.22 bits per heavy atom. The Bertz CT molecular complexity index is 1060. The van der Waals surface area contributed by atoms with Gasteiger partial charge in [-0.25, -0.2) is 8.42 Å². The Balaban J connectivity index is 1.98. The van der Waals surface area contributed by atoms with Gasteiger partial charge in [0.1, 0.15) is 5.75 Å². The lowest BCUT2D eigenvalue weighted by molar-refractivity contribution is -0.385. The number of nitro groups is 1. The molecule has 1 unspecified atom stereocenters. The van der Waals surface area contributed by atoms with Crippen LogP contribution in [-0.2, 0) is 14.8 Å². The van der Waals surface area contributed by atoms with Gasteiger partial charge in [0.15, 0.2) is 6.10 Å². The summed E-state index contributed by atoms with van der Waals surface area (Å²) in [6.07, 6.45) is -0.643. The number of ether oxygens (including phenoxy) is 1. The van der Waals surface area contributed by atoms with Gasteiger partial charge in [-0.05, 0) is 50.1 Å². The van der Waals surface area contributed by atoms with E-state index in [1.165, 1.54) is 24.3 Å². The van der Waals surface area contributed by atoms with Crippen LogP contribution in [0.3, 0.4) is 0 Å². The average Bonchev–Trinajstić information content (AvgIpc) is 2.57. The molecule has 27 heavy (non-hydrogen) atoms. The summed E-state index contributed by atoms with van der Waals surface area (Å²) in [4.78, 5) is 22.0. The lowest BCUT2D eigenvalue weighted by Gasteiger charge is -2.23. The predicted molar refractivity (Wildman–Crippen MR) is 98.5 cm³/mol. The van der Waals surface area contributed by atoms with Crippen molar-refractivity contribution < 1.29 is 22.9 Å². The number of sulfonamides is 1. The molecule has 10 heteroatoms. The van der Waals surface area contributed by atoms with Gasteiger partial charge in [0.2, 0.25) is 0 Å². The van der Waals surface area contributed by atoms with Crippen molar-refractivity contribution in [2.24, 2.45) is 0 Å². The summed E-state index contributed by atoms with van der Waals surface area (Å²) in [6, 6.07) is 6.79. The molecular formula is C17H17N3O6S. The Labute approximate surface area is 155 Å². The summed E-state index contributed by atoms with van der Waals surface area (Å²) in [6.45, 7) is 4.78. The average molecular weight is 391 g/mol. The molecule has 0 aliphatic carbocycles. The third kappa shape index (κ3) is 3.56. The molecule has 0 fully saturated rings. The molecule has 9 nitrogen and oxygen atoms in total. The van der Waals surface area contributed by atoms with Crippen LogP contribution in [-0.4, -0.2) is 25.4 Å². The Hall–Kier alpha value is -3.14. The van der Waals surface area contributed by atoms with E-state index in [-0.39, 0.29) is 22.2 Å². The van der Waals surface area contributed by atoms with E-state index in [2.05, 4.69) is 10.0 Å². The smallest absolute Gasteiger partial charge is 0.271 e. The second kappa shape index (κ2) is 6.54. The predicted octanol–water partition coefficient (Wildman–Crippen LogP) is 2.73. The number of nitro benzene ring substituents is 1. The van der Waals surface area contributed by atoms with Gasteiger partial charge in [-0.2, -0.15) is 0 Å². The zero-order valence-corrected chi connectivity index (χ0v) is 15.6. The van der Waals surface area contributed by atoms with Crippen LogP contribution in [0.2, 0.25) is 0 Å². The minimum atomic E-state index is -4.08. The van der Waals surface area contributed by atoms with Crippen LogP contribution in [0.25, 0.3) is 0 Å². The van der Waals surface area contributed by atoms with E-state index in [4.69, 9.17) is 4.74 Å². The molecule has 1 atom stereocenters. The molecule has 0 bridgehead atoms. The zero-order chi connectivity index (χ0) is 19.9. The maximum Gasteiger partial charge on any atom is 0.271 e. The molecule has 3 rings (SSSR count). The van der Waals surface area contributed by atoms with E-state index < -0.39 is 21.1 Å². The van der Waals surface area contributed by atoms with E-state index in [1.807, 2.05) is 0 Å². The lowest BCUT2D eigenvalue weighted by Crippen LogP contribution is -2.34. The molecule has 0 radical (unpaired) electrons. The van der Waals surface area contributed by atoms with Gasteiger partial charge in [-0.1, -0.05) is 0 Å². The van der Waals surface area contributed by atoms with Gasteiger partial charge in [-0.15, -0.1) is 0 Å². The maximum absolute atomic E-state index is 12.8. The van der Waals surface area contributed by atoms with Crippen molar-refractivity contribution in [3.8, 4) is 5.75 Å². The molecule has 2 N–H and O–H groups in total. The molecule has 142 valence electrons. The summed E-state index contributed by atoms with van der Waals surface area (Å²) in [5, 5.41) is 13.7. The fourth-order valence-corrected chi connectivity index (χ4v) is 4.06. The first-order valence-corrected chi connectivity index (χ1v) is 9.47. The molecule has 0 saturated heterocycles. The highest BCUT2D eigenvalue weighted by Crippen LogP contribution is 2.33. The quantitative estimate of drug-likeness (QED) is 0.609. The summed E-state index contributed by atoms with van der Waals surface area (Å²) in [5.74, 6) is 0.0834. The van der Waals surface area contributed by atoms with Gasteiger partial charge in [0.05, 0.1) is 21.2 Å². The van der Waals surface area contributed by atoms with E-state index in [1.54, 1.807) is 20.8 Å². The summed E-state index contributed by atoms with van der Waals surface area (Å²) in [5.41, 5.74) is 1.13. The van der Waals surface area contributed by atoms with Crippen LogP contribution in [0, 0.1) is 24.0 Å². The number of nitrogens with one attached hydrogen (secondary N) is 2. The topological polar surface area (TPSA) is 128 Å². The molecule has 1 aliphatic rings. The molecule has 1 aliphatic heterocycles. The second-order valence-corrected chi connectivity index (χ2v) is 7.86. The second-order valence-electron chi connectivity index (χ2n) is 6.21. The summed E-state index contributed by atoms with van der Waals surface area (Å²) in [7, 11) is -4.08. The van der Waals surface area contributed by atoms with Crippen molar-refractivity contribution in [3.63, 3.8) is 0 Å². The van der Waals surface area contributed by atoms with Crippen molar-refractivity contribution in [1.29, 1.82) is 0 Å². The number of benzene rings is 2. The highest BCUT2D eigenvalue weighted by atomic mass is 32.2. The number of anilines is 2. The summed E-state index contributed by atoms with van der Waals surface area (Å²) < 4.78 is 33.4. The molecule has 0 saturated carbocycles.